The summed E-state index contributed by atoms with van der Waals surface area (Å²) in [4.78, 5) is 14.2. The van der Waals surface area contributed by atoms with Crippen molar-refractivity contribution in [2.24, 2.45) is 11.8 Å². The van der Waals surface area contributed by atoms with Crippen molar-refractivity contribution in [3.05, 3.63) is 29.6 Å². The molecule has 0 atom stereocenters. The summed E-state index contributed by atoms with van der Waals surface area (Å²) in [6.07, 6.45) is 3.18. The van der Waals surface area contributed by atoms with Gasteiger partial charge in [0.15, 0.2) is 0 Å². The van der Waals surface area contributed by atoms with Crippen LogP contribution in [-0.4, -0.2) is 23.9 Å². The molecule has 1 aromatic carbocycles. The number of benzene rings is 1. The van der Waals surface area contributed by atoms with E-state index in [-0.39, 0.29) is 11.6 Å². The number of halogens is 1. The summed E-state index contributed by atoms with van der Waals surface area (Å²) in [6, 6.07) is 4.42. The fourth-order valence-corrected chi connectivity index (χ4v) is 2.56. The molecule has 5 heteroatoms. The lowest BCUT2D eigenvalue weighted by molar-refractivity contribution is 0.0689. The molecule has 104 valence electrons. The molecule has 0 aliphatic carbocycles. The summed E-state index contributed by atoms with van der Waals surface area (Å²) in [7, 11) is 0. The summed E-state index contributed by atoms with van der Waals surface area (Å²) in [5.74, 6) is 5.35. The molecule has 1 aromatic rings. The van der Waals surface area contributed by atoms with Gasteiger partial charge in [0.2, 0.25) is 0 Å². The van der Waals surface area contributed by atoms with Crippen molar-refractivity contribution in [2.75, 3.05) is 18.5 Å². The molecule has 19 heavy (non-hydrogen) atoms. The molecule has 1 fully saturated rings. The van der Waals surface area contributed by atoms with E-state index in [1.807, 2.05) is 0 Å². The van der Waals surface area contributed by atoms with Crippen molar-refractivity contribution < 1.29 is 9.18 Å². The quantitative estimate of drug-likeness (QED) is 0.651. The van der Waals surface area contributed by atoms with Gasteiger partial charge in [-0.3, -0.25) is 10.6 Å². The molecular weight excluding hydrogens is 245 g/mol. The number of hydrogen-bond acceptors (Lipinski definition) is 3. The number of anilines is 1. The summed E-state index contributed by atoms with van der Waals surface area (Å²) >= 11 is 0. The molecule has 0 radical (unpaired) electrons. The van der Waals surface area contributed by atoms with Crippen LogP contribution in [0.25, 0.3) is 0 Å². The number of nitrogens with one attached hydrogen (secondary N) is 1. The zero-order chi connectivity index (χ0) is 13.8. The van der Waals surface area contributed by atoms with Crippen LogP contribution >= 0.6 is 0 Å². The zero-order valence-electron chi connectivity index (χ0n) is 11.2. The van der Waals surface area contributed by atoms with Gasteiger partial charge in [-0.2, -0.15) is 0 Å². The van der Waals surface area contributed by atoms with Crippen LogP contribution in [0.5, 0.6) is 0 Å². The number of piperidine rings is 1. The maximum absolute atomic E-state index is 13.6. The molecule has 3 N–H and O–H groups in total. The number of rotatable bonds is 3. The van der Waals surface area contributed by atoms with Gasteiger partial charge in [0.1, 0.15) is 5.82 Å². The minimum absolute atomic E-state index is 0.0742. The van der Waals surface area contributed by atoms with Crippen molar-refractivity contribution in [1.82, 2.24) is 4.90 Å². The molecule has 0 spiro atoms. The Balaban J connectivity index is 2.14. The summed E-state index contributed by atoms with van der Waals surface area (Å²) < 4.78 is 13.6. The average molecular weight is 265 g/mol. The van der Waals surface area contributed by atoms with E-state index in [0.29, 0.717) is 11.5 Å². The van der Waals surface area contributed by atoms with Crippen LogP contribution in [-0.2, 0) is 0 Å². The number of hydrogen-bond donors (Lipinski definition) is 2. The molecule has 0 bridgehead atoms. The van der Waals surface area contributed by atoms with Crippen LogP contribution in [0.15, 0.2) is 18.2 Å². The number of amides is 1. The molecule has 4 nitrogen and oxygen atoms in total. The number of nitrogens with zero attached hydrogens (tertiary/aromatic N) is 1. The minimum atomic E-state index is -0.503. The SMILES string of the molecule is CCC1CCN(C(=O)c2cccc(F)c2NN)CC1. The molecule has 0 saturated carbocycles. The van der Waals surface area contributed by atoms with E-state index in [9.17, 15) is 9.18 Å². The van der Waals surface area contributed by atoms with Gasteiger partial charge in [-0.05, 0) is 30.9 Å². The molecule has 2 rings (SSSR count). The lowest BCUT2D eigenvalue weighted by Gasteiger charge is -2.32. The maximum atomic E-state index is 13.6. The first-order valence-electron chi connectivity index (χ1n) is 6.71. The monoisotopic (exact) mass is 265 g/mol. The van der Waals surface area contributed by atoms with Crippen molar-refractivity contribution in [1.29, 1.82) is 0 Å². The van der Waals surface area contributed by atoms with Crippen LogP contribution in [0.3, 0.4) is 0 Å². The normalized spacial score (nSPS) is 16.5. The molecular formula is C14H20FN3O. The molecule has 0 aromatic heterocycles. The lowest BCUT2D eigenvalue weighted by atomic mass is 9.94. The highest BCUT2D eigenvalue weighted by molar-refractivity contribution is 5.99. The summed E-state index contributed by atoms with van der Waals surface area (Å²) in [5, 5.41) is 0. The van der Waals surface area contributed by atoms with Crippen LogP contribution in [0.2, 0.25) is 0 Å². The highest BCUT2D eigenvalue weighted by Crippen LogP contribution is 2.24. The van der Waals surface area contributed by atoms with Crippen LogP contribution in [0, 0.1) is 11.7 Å². The Morgan fingerprint density at radius 2 is 2.16 bits per heavy atom. The van der Waals surface area contributed by atoms with E-state index in [1.54, 1.807) is 11.0 Å². The molecule has 1 heterocycles. The third-order valence-corrected chi connectivity index (χ3v) is 3.87. The number of likely N-dealkylation sites (tertiary alicyclic amines) is 1. The topological polar surface area (TPSA) is 58.4 Å². The van der Waals surface area contributed by atoms with E-state index in [4.69, 9.17) is 5.84 Å². The van der Waals surface area contributed by atoms with Crippen molar-refractivity contribution in [3.63, 3.8) is 0 Å². The third kappa shape index (κ3) is 2.87. The smallest absolute Gasteiger partial charge is 0.256 e. The average Bonchev–Trinajstić information content (AvgIpc) is 2.46. The number of para-hydroxylation sites is 1. The van der Waals surface area contributed by atoms with E-state index >= 15 is 0 Å². The van der Waals surface area contributed by atoms with E-state index in [0.717, 1.165) is 32.4 Å². The second-order valence-corrected chi connectivity index (χ2v) is 4.95. The maximum Gasteiger partial charge on any atom is 0.256 e. The van der Waals surface area contributed by atoms with Crippen LogP contribution < -0.4 is 11.3 Å². The third-order valence-electron chi connectivity index (χ3n) is 3.87. The largest absolute Gasteiger partial charge is 0.339 e. The number of hydrazine groups is 1. The lowest BCUT2D eigenvalue weighted by Crippen LogP contribution is -2.38. The van der Waals surface area contributed by atoms with Gasteiger partial charge in [-0.15, -0.1) is 0 Å². The van der Waals surface area contributed by atoms with Gasteiger partial charge in [0, 0.05) is 13.1 Å². The predicted molar refractivity (Wildman–Crippen MR) is 73.1 cm³/mol. The first-order valence-corrected chi connectivity index (χ1v) is 6.71. The number of carbonyl (C=O) groups excluding carboxylic acids is 1. The van der Waals surface area contributed by atoms with E-state index < -0.39 is 5.82 Å². The first kappa shape index (κ1) is 13.8. The molecule has 1 amide bonds. The second-order valence-electron chi connectivity index (χ2n) is 4.95. The van der Waals surface area contributed by atoms with Gasteiger partial charge in [0.25, 0.3) is 5.91 Å². The summed E-state index contributed by atoms with van der Waals surface area (Å²) in [6.45, 7) is 3.64. The Kier molecular flexibility index (Phi) is 4.37. The molecule has 0 unspecified atom stereocenters. The fourth-order valence-electron chi connectivity index (χ4n) is 2.56. The Morgan fingerprint density at radius 1 is 1.47 bits per heavy atom. The molecule has 1 aliphatic heterocycles. The van der Waals surface area contributed by atoms with Gasteiger partial charge in [0.05, 0.1) is 11.3 Å². The fraction of sp³-hybridized carbons (Fsp3) is 0.500. The number of carbonyl (C=O) groups is 1. The van der Waals surface area contributed by atoms with Crippen LogP contribution in [0.4, 0.5) is 10.1 Å². The summed E-state index contributed by atoms with van der Waals surface area (Å²) in [5.41, 5.74) is 2.66. The van der Waals surface area contributed by atoms with E-state index in [2.05, 4.69) is 12.3 Å². The number of nitrogen functional groups attached to an aromatic ring is 1. The Hall–Kier alpha value is -1.62. The first-order chi connectivity index (χ1) is 9.17. The van der Waals surface area contributed by atoms with Crippen molar-refractivity contribution in [2.45, 2.75) is 26.2 Å². The van der Waals surface area contributed by atoms with Gasteiger partial charge < -0.3 is 10.3 Å². The van der Waals surface area contributed by atoms with Crippen LogP contribution in [0.1, 0.15) is 36.5 Å². The van der Waals surface area contributed by atoms with Gasteiger partial charge in [-0.1, -0.05) is 19.4 Å². The van der Waals surface area contributed by atoms with Crippen molar-refractivity contribution in [3.8, 4) is 0 Å². The standard InChI is InChI=1S/C14H20FN3O/c1-2-10-6-8-18(9-7-10)14(19)11-4-3-5-12(15)13(11)17-16/h3-5,10,17H,2,6-9,16H2,1H3. The molecule has 1 saturated heterocycles. The predicted octanol–water partition coefficient (Wildman–Crippen LogP) is 2.37. The number of nitrogens with two attached hydrogens (primary N) is 1. The molecule has 1 aliphatic rings. The minimum Gasteiger partial charge on any atom is -0.339 e. The zero-order valence-corrected chi connectivity index (χ0v) is 11.2. The van der Waals surface area contributed by atoms with Gasteiger partial charge >= 0.3 is 0 Å². The van der Waals surface area contributed by atoms with Crippen molar-refractivity contribution >= 4 is 11.6 Å². The highest BCUT2D eigenvalue weighted by Gasteiger charge is 2.25. The van der Waals surface area contributed by atoms with Gasteiger partial charge in [-0.25, -0.2) is 4.39 Å². The second kappa shape index (κ2) is 6.02. The Labute approximate surface area is 112 Å². The van der Waals surface area contributed by atoms with E-state index in [1.165, 1.54) is 12.1 Å². The Morgan fingerprint density at radius 3 is 2.74 bits per heavy atom. The Bertz CT molecular complexity index is 456. The highest BCUT2D eigenvalue weighted by atomic mass is 19.1.